The number of amides is 2. The van der Waals surface area contributed by atoms with Crippen molar-refractivity contribution in [2.45, 2.75) is 26.7 Å². The van der Waals surface area contributed by atoms with Crippen LogP contribution >= 0.6 is 0 Å². The Bertz CT molecular complexity index is 511. The van der Waals surface area contributed by atoms with Gasteiger partial charge in [-0.3, -0.25) is 14.4 Å². The van der Waals surface area contributed by atoms with Crippen LogP contribution in [-0.2, 0) is 14.3 Å². The summed E-state index contributed by atoms with van der Waals surface area (Å²) in [4.78, 5) is 34.4. The molecule has 120 valence electrons. The summed E-state index contributed by atoms with van der Waals surface area (Å²) in [6.45, 7) is 4.63. The predicted molar refractivity (Wildman–Crippen MR) is 82.4 cm³/mol. The fraction of sp³-hybridized carbons (Fsp3) is 0.438. The van der Waals surface area contributed by atoms with E-state index in [0.29, 0.717) is 25.3 Å². The van der Waals surface area contributed by atoms with Gasteiger partial charge in [0.25, 0.3) is 5.91 Å². The van der Waals surface area contributed by atoms with Crippen molar-refractivity contribution in [1.29, 1.82) is 0 Å². The lowest BCUT2D eigenvalue weighted by Gasteiger charge is -2.07. The second kappa shape index (κ2) is 9.55. The van der Waals surface area contributed by atoms with Crippen LogP contribution < -0.4 is 10.6 Å². The molecule has 6 heteroatoms. The van der Waals surface area contributed by atoms with Gasteiger partial charge in [0.15, 0.2) is 0 Å². The van der Waals surface area contributed by atoms with E-state index in [-0.39, 0.29) is 30.6 Å². The lowest BCUT2D eigenvalue weighted by atomic mass is 10.1. The highest BCUT2D eigenvalue weighted by atomic mass is 16.5. The maximum absolute atomic E-state index is 11.8. The van der Waals surface area contributed by atoms with Crippen molar-refractivity contribution in [1.82, 2.24) is 10.6 Å². The smallest absolute Gasteiger partial charge is 0.306 e. The molecule has 1 rings (SSSR count). The zero-order valence-electron chi connectivity index (χ0n) is 13.0. The topological polar surface area (TPSA) is 84.5 Å². The summed E-state index contributed by atoms with van der Waals surface area (Å²) >= 11 is 0. The number of esters is 1. The van der Waals surface area contributed by atoms with Gasteiger partial charge in [0, 0.05) is 25.1 Å². The number of aryl methyl sites for hydroxylation is 1. The van der Waals surface area contributed by atoms with Gasteiger partial charge in [0.1, 0.15) is 0 Å². The number of carbonyl (C=O) groups excluding carboxylic acids is 3. The summed E-state index contributed by atoms with van der Waals surface area (Å²) in [7, 11) is 0. The predicted octanol–water partition coefficient (Wildman–Crippen LogP) is 1.18. The first kappa shape index (κ1) is 17.7. The molecular formula is C16H22N2O4. The fourth-order valence-corrected chi connectivity index (χ4v) is 1.72. The third-order valence-corrected chi connectivity index (χ3v) is 2.91. The van der Waals surface area contributed by atoms with Gasteiger partial charge >= 0.3 is 5.97 Å². The van der Waals surface area contributed by atoms with Crippen LogP contribution in [0.15, 0.2) is 24.3 Å². The number of hydrogen-bond donors (Lipinski definition) is 2. The highest BCUT2D eigenvalue weighted by molar-refractivity contribution is 5.94. The largest absolute Gasteiger partial charge is 0.466 e. The van der Waals surface area contributed by atoms with Crippen molar-refractivity contribution in [2.24, 2.45) is 0 Å². The minimum absolute atomic E-state index is 0.0649. The molecule has 0 aromatic heterocycles. The second-order valence-corrected chi connectivity index (χ2v) is 4.78. The number of benzene rings is 1. The SMILES string of the molecule is CCOC(=O)CCC(=O)NCCNC(=O)c1ccc(C)cc1. The van der Waals surface area contributed by atoms with E-state index in [1.165, 1.54) is 0 Å². The van der Waals surface area contributed by atoms with E-state index in [4.69, 9.17) is 4.74 Å². The summed E-state index contributed by atoms with van der Waals surface area (Å²) < 4.78 is 4.73. The van der Waals surface area contributed by atoms with Crippen molar-refractivity contribution >= 4 is 17.8 Å². The number of hydrogen-bond acceptors (Lipinski definition) is 4. The van der Waals surface area contributed by atoms with Gasteiger partial charge in [-0.25, -0.2) is 0 Å². The minimum Gasteiger partial charge on any atom is -0.466 e. The molecule has 0 atom stereocenters. The first-order chi connectivity index (χ1) is 10.5. The van der Waals surface area contributed by atoms with E-state index >= 15 is 0 Å². The van der Waals surface area contributed by atoms with Crippen molar-refractivity contribution < 1.29 is 19.1 Å². The normalized spacial score (nSPS) is 9.91. The fourth-order valence-electron chi connectivity index (χ4n) is 1.72. The van der Waals surface area contributed by atoms with Crippen LogP contribution in [0.4, 0.5) is 0 Å². The third-order valence-electron chi connectivity index (χ3n) is 2.91. The van der Waals surface area contributed by atoms with Crippen LogP contribution in [0.3, 0.4) is 0 Å². The van der Waals surface area contributed by atoms with Crippen molar-refractivity contribution in [3.63, 3.8) is 0 Å². The van der Waals surface area contributed by atoms with Gasteiger partial charge in [-0.2, -0.15) is 0 Å². The standard InChI is InChI=1S/C16H22N2O4/c1-3-22-15(20)9-8-14(19)17-10-11-18-16(21)13-6-4-12(2)5-7-13/h4-7H,3,8-11H2,1-2H3,(H,17,19)(H,18,21). The van der Waals surface area contributed by atoms with Gasteiger partial charge in [-0.05, 0) is 26.0 Å². The van der Waals surface area contributed by atoms with E-state index in [9.17, 15) is 14.4 Å². The maximum Gasteiger partial charge on any atom is 0.306 e. The molecule has 1 aromatic carbocycles. The second-order valence-electron chi connectivity index (χ2n) is 4.78. The zero-order chi connectivity index (χ0) is 16.4. The average molecular weight is 306 g/mol. The highest BCUT2D eigenvalue weighted by Crippen LogP contribution is 2.02. The Hall–Kier alpha value is -2.37. The molecule has 0 spiro atoms. The lowest BCUT2D eigenvalue weighted by molar-refractivity contribution is -0.144. The summed E-state index contributed by atoms with van der Waals surface area (Å²) in [6, 6.07) is 7.24. The van der Waals surface area contributed by atoms with E-state index < -0.39 is 0 Å². The average Bonchev–Trinajstić information content (AvgIpc) is 2.50. The molecule has 2 amide bonds. The maximum atomic E-state index is 11.8. The molecule has 0 aliphatic rings. The molecule has 6 nitrogen and oxygen atoms in total. The lowest BCUT2D eigenvalue weighted by Crippen LogP contribution is -2.34. The van der Waals surface area contributed by atoms with Crippen molar-refractivity contribution in [3.05, 3.63) is 35.4 Å². The molecule has 0 unspecified atom stereocenters. The molecule has 0 aliphatic heterocycles. The molecule has 0 aliphatic carbocycles. The zero-order valence-corrected chi connectivity index (χ0v) is 13.0. The van der Waals surface area contributed by atoms with Crippen LogP contribution in [0.1, 0.15) is 35.7 Å². The first-order valence-corrected chi connectivity index (χ1v) is 7.30. The molecule has 0 radical (unpaired) electrons. The quantitative estimate of drug-likeness (QED) is 0.558. The molecule has 0 bridgehead atoms. The van der Waals surface area contributed by atoms with Gasteiger partial charge in [-0.15, -0.1) is 0 Å². The Morgan fingerprint density at radius 3 is 2.27 bits per heavy atom. The van der Waals surface area contributed by atoms with Crippen LogP contribution in [0.2, 0.25) is 0 Å². The van der Waals surface area contributed by atoms with Crippen molar-refractivity contribution in [2.75, 3.05) is 19.7 Å². The number of ether oxygens (including phenoxy) is 1. The molecule has 1 aromatic rings. The summed E-state index contributed by atoms with van der Waals surface area (Å²) in [5.74, 6) is -0.802. The molecule has 0 saturated heterocycles. The molecule has 0 fully saturated rings. The Morgan fingerprint density at radius 1 is 1.00 bits per heavy atom. The van der Waals surface area contributed by atoms with E-state index in [0.717, 1.165) is 5.56 Å². The van der Waals surface area contributed by atoms with Crippen LogP contribution in [-0.4, -0.2) is 37.5 Å². The van der Waals surface area contributed by atoms with Crippen molar-refractivity contribution in [3.8, 4) is 0 Å². The number of rotatable bonds is 8. The summed E-state index contributed by atoms with van der Waals surface area (Å²) in [5.41, 5.74) is 1.67. The Kier molecular flexibility index (Phi) is 7.67. The van der Waals surface area contributed by atoms with Gasteiger partial charge < -0.3 is 15.4 Å². The Labute approximate surface area is 130 Å². The summed E-state index contributed by atoms with van der Waals surface area (Å²) in [5, 5.41) is 5.35. The van der Waals surface area contributed by atoms with Gasteiger partial charge in [0.05, 0.1) is 13.0 Å². The Morgan fingerprint density at radius 2 is 1.64 bits per heavy atom. The summed E-state index contributed by atoms with van der Waals surface area (Å²) in [6.07, 6.45) is 0.153. The van der Waals surface area contributed by atoms with E-state index in [2.05, 4.69) is 10.6 Å². The highest BCUT2D eigenvalue weighted by Gasteiger charge is 2.07. The van der Waals surface area contributed by atoms with Gasteiger partial charge in [0.2, 0.25) is 5.91 Å². The molecule has 0 saturated carbocycles. The Balaban J connectivity index is 2.16. The van der Waals surface area contributed by atoms with Crippen LogP contribution in [0.25, 0.3) is 0 Å². The first-order valence-electron chi connectivity index (χ1n) is 7.30. The van der Waals surface area contributed by atoms with E-state index in [1.54, 1.807) is 19.1 Å². The third kappa shape index (κ3) is 6.88. The molecule has 2 N–H and O–H groups in total. The molecular weight excluding hydrogens is 284 g/mol. The van der Waals surface area contributed by atoms with Crippen LogP contribution in [0, 0.1) is 6.92 Å². The number of nitrogens with one attached hydrogen (secondary N) is 2. The van der Waals surface area contributed by atoms with Gasteiger partial charge in [-0.1, -0.05) is 17.7 Å². The number of carbonyl (C=O) groups is 3. The van der Waals surface area contributed by atoms with Crippen LogP contribution in [0.5, 0.6) is 0 Å². The molecule has 0 heterocycles. The monoisotopic (exact) mass is 306 g/mol. The van der Waals surface area contributed by atoms with E-state index in [1.807, 2.05) is 19.1 Å². The minimum atomic E-state index is -0.384. The molecule has 22 heavy (non-hydrogen) atoms.